The molecule has 148 valence electrons. The summed E-state index contributed by atoms with van der Waals surface area (Å²) in [5, 5.41) is 10.4. The van der Waals surface area contributed by atoms with E-state index in [1.54, 1.807) is 0 Å². The molecular weight excluding hydrogens is 356 g/mol. The van der Waals surface area contributed by atoms with Crippen LogP contribution < -0.4 is 4.74 Å². The largest absolute Gasteiger partial charge is 0.489 e. The van der Waals surface area contributed by atoms with Gasteiger partial charge in [-0.1, -0.05) is 86.9 Å². The average molecular weight is 385 g/mol. The first kappa shape index (κ1) is 20.7. The molecule has 0 radical (unpaired) electrons. The van der Waals surface area contributed by atoms with Crippen LogP contribution in [0.15, 0.2) is 66.7 Å². The summed E-state index contributed by atoms with van der Waals surface area (Å²) in [4.78, 5) is 0. The first-order valence-electron chi connectivity index (χ1n) is 9.86. The molecule has 0 amide bonds. The molecule has 2 heteroatoms. The molecule has 0 saturated heterocycles. The molecule has 0 heterocycles. The number of rotatable bonds is 5. The number of hydrogen-bond donors (Lipinski definition) is 1. The Labute approximate surface area is 174 Å². The first-order valence-corrected chi connectivity index (χ1v) is 9.86. The molecule has 2 nitrogen and oxygen atoms in total. The molecule has 3 aromatic rings. The average Bonchev–Trinajstić information content (AvgIpc) is 2.71. The Morgan fingerprint density at radius 2 is 1.66 bits per heavy atom. The zero-order valence-electron chi connectivity index (χ0n) is 17.6. The molecule has 0 aliphatic carbocycles. The molecule has 1 N–H and O–H groups in total. The minimum absolute atomic E-state index is 0.161. The predicted octanol–water partition coefficient (Wildman–Crippen LogP) is 6.21. The van der Waals surface area contributed by atoms with E-state index in [0.29, 0.717) is 12.2 Å². The number of benzene rings is 3. The minimum atomic E-state index is -0.979. The van der Waals surface area contributed by atoms with E-state index < -0.39 is 6.10 Å². The Morgan fingerprint density at radius 1 is 1.00 bits per heavy atom. The summed E-state index contributed by atoms with van der Waals surface area (Å²) >= 11 is 0. The van der Waals surface area contributed by atoms with E-state index in [-0.39, 0.29) is 5.41 Å². The van der Waals surface area contributed by atoms with Crippen molar-refractivity contribution in [3.63, 3.8) is 0 Å². The van der Waals surface area contributed by atoms with Crippen molar-refractivity contribution in [2.75, 3.05) is 0 Å². The summed E-state index contributed by atoms with van der Waals surface area (Å²) in [6.07, 6.45) is 4.53. The highest BCUT2D eigenvalue weighted by Gasteiger charge is 2.26. The number of ether oxygens (including phenoxy) is 1. The topological polar surface area (TPSA) is 29.5 Å². The van der Waals surface area contributed by atoms with Gasteiger partial charge in [0, 0.05) is 5.56 Å². The van der Waals surface area contributed by atoms with E-state index in [9.17, 15) is 5.11 Å². The van der Waals surface area contributed by atoms with E-state index >= 15 is 0 Å². The fraction of sp³-hybridized carbons (Fsp3) is 0.259. The normalized spacial score (nSPS) is 12.3. The van der Waals surface area contributed by atoms with Gasteiger partial charge in [0.2, 0.25) is 0 Å². The van der Waals surface area contributed by atoms with E-state index in [2.05, 4.69) is 57.9 Å². The monoisotopic (exact) mass is 384 g/mol. The van der Waals surface area contributed by atoms with Crippen LogP contribution in [0.4, 0.5) is 0 Å². The van der Waals surface area contributed by atoms with Gasteiger partial charge >= 0.3 is 0 Å². The fourth-order valence-corrected chi connectivity index (χ4v) is 3.47. The second-order valence-corrected chi connectivity index (χ2v) is 8.40. The maximum Gasteiger partial charge on any atom is 0.140 e. The molecule has 0 aromatic heterocycles. The molecule has 0 saturated carbocycles. The van der Waals surface area contributed by atoms with Crippen molar-refractivity contribution in [1.29, 1.82) is 0 Å². The van der Waals surface area contributed by atoms with Crippen molar-refractivity contribution in [2.24, 2.45) is 0 Å². The van der Waals surface area contributed by atoms with Gasteiger partial charge in [-0.05, 0) is 46.7 Å². The van der Waals surface area contributed by atoms with Crippen molar-refractivity contribution < 1.29 is 9.84 Å². The van der Waals surface area contributed by atoms with Gasteiger partial charge in [0.1, 0.15) is 18.5 Å². The summed E-state index contributed by atoms with van der Waals surface area (Å²) in [6, 6.07) is 22.3. The van der Waals surface area contributed by atoms with Gasteiger partial charge in [-0.3, -0.25) is 0 Å². The summed E-state index contributed by atoms with van der Waals surface area (Å²) in [5.74, 6) is 3.18. The summed E-state index contributed by atoms with van der Waals surface area (Å²) < 4.78 is 6.29. The summed E-state index contributed by atoms with van der Waals surface area (Å²) in [7, 11) is 0. The fourth-order valence-electron chi connectivity index (χ4n) is 3.47. The third-order valence-corrected chi connectivity index (χ3v) is 4.95. The molecule has 0 aliphatic heterocycles. The van der Waals surface area contributed by atoms with E-state index in [0.717, 1.165) is 28.0 Å². The Balaban J connectivity index is 2.17. The lowest BCUT2D eigenvalue weighted by Crippen LogP contribution is -2.16. The molecule has 29 heavy (non-hydrogen) atoms. The van der Waals surface area contributed by atoms with Crippen molar-refractivity contribution in [2.45, 2.75) is 45.8 Å². The van der Waals surface area contributed by atoms with E-state index in [4.69, 9.17) is 11.2 Å². The summed E-state index contributed by atoms with van der Waals surface area (Å²) in [5.41, 5.74) is 6.01. The van der Waals surface area contributed by atoms with E-state index in [1.807, 2.05) is 42.5 Å². The predicted molar refractivity (Wildman–Crippen MR) is 120 cm³/mol. The van der Waals surface area contributed by atoms with Crippen LogP contribution in [0, 0.1) is 19.3 Å². The quantitative estimate of drug-likeness (QED) is 0.530. The molecule has 3 aromatic carbocycles. The number of aliphatic hydroxyl groups excluding tert-OH is 1. The maximum absolute atomic E-state index is 10.4. The van der Waals surface area contributed by atoms with Crippen LogP contribution in [-0.2, 0) is 12.0 Å². The van der Waals surface area contributed by atoms with Crippen LogP contribution in [0.2, 0.25) is 0 Å². The van der Waals surface area contributed by atoms with E-state index in [1.165, 1.54) is 5.56 Å². The molecule has 0 fully saturated rings. The zero-order valence-corrected chi connectivity index (χ0v) is 17.6. The van der Waals surface area contributed by atoms with Crippen molar-refractivity contribution in [1.82, 2.24) is 0 Å². The molecular formula is C27H28O2. The molecule has 1 unspecified atom stereocenters. The van der Waals surface area contributed by atoms with Gasteiger partial charge < -0.3 is 9.84 Å². The lowest BCUT2D eigenvalue weighted by Gasteiger charge is -2.28. The van der Waals surface area contributed by atoms with Gasteiger partial charge in [0.15, 0.2) is 0 Å². The highest BCUT2D eigenvalue weighted by molar-refractivity contribution is 5.73. The number of hydrogen-bond acceptors (Lipinski definition) is 2. The van der Waals surface area contributed by atoms with Crippen LogP contribution in [0.5, 0.6) is 5.75 Å². The van der Waals surface area contributed by atoms with Crippen LogP contribution in [-0.4, -0.2) is 5.11 Å². The Bertz CT molecular complexity index is 1000. The second kappa shape index (κ2) is 8.55. The lowest BCUT2D eigenvalue weighted by atomic mass is 9.80. The standard InChI is InChI=1S/C27H28O2/c1-6-24(28)22-16-23(21-14-12-19(2)13-15-21)26(27(3,4)5)25(17-22)29-18-20-10-8-7-9-11-20/h1,7-17,24,28H,18H2,2-5H3. The van der Waals surface area contributed by atoms with Gasteiger partial charge in [0.25, 0.3) is 0 Å². The smallest absolute Gasteiger partial charge is 0.140 e. The third-order valence-electron chi connectivity index (χ3n) is 4.95. The molecule has 3 rings (SSSR count). The first-order chi connectivity index (χ1) is 13.8. The van der Waals surface area contributed by atoms with Crippen LogP contribution >= 0.6 is 0 Å². The van der Waals surface area contributed by atoms with Crippen molar-refractivity contribution in [3.8, 4) is 29.2 Å². The van der Waals surface area contributed by atoms with Crippen molar-refractivity contribution >= 4 is 0 Å². The highest BCUT2D eigenvalue weighted by Crippen LogP contribution is 2.42. The molecule has 0 aliphatic rings. The molecule has 0 bridgehead atoms. The second-order valence-electron chi connectivity index (χ2n) is 8.40. The van der Waals surface area contributed by atoms with Crippen LogP contribution in [0.1, 0.15) is 49.1 Å². The number of terminal acetylenes is 1. The Kier molecular flexibility index (Phi) is 6.11. The Morgan fingerprint density at radius 3 is 2.24 bits per heavy atom. The Hall–Kier alpha value is -3.02. The third kappa shape index (κ3) is 4.88. The molecule has 0 spiro atoms. The minimum Gasteiger partial charge on any atom is -0.489 e. The number of aliphatic hydroxyl groups is 1. The van der Waals surface area contributed by atoms with Gasteiger partial charge in [-0.25, -0.2) is 0 Å². The SMILES string of the molecule is C#CC(O)c1cc(OCc2ccccc2)c(C(C)(C)C)c(-c2ccc(C)cc2)c1. The van der Waals surface area contributed by atoms with Gasteiger partial charge in [-0.2, -0.15) is 0 Å². The van der Waals surface area contributed by atoms with Gasteiger partial charge in [0.05, 0.1) is 0 Å². The van der Waals surface area contributed by atoms with Crippen molar-refractivity contribution in [3.05, 3.63) is 89.0 Å². The van der Waals surface area contributed by atoms with Gasteiger partial charge in [-0.15, -0.1) is 6.42 Å². The van der Waals surface area contributed by atoms with Crippen LogP contribution in [0.3, 0.4) is 0 Å². The van der Waals surface area contributed by atoms with Crippen LogP contribution in [0.25, 0.3) is 11.1 Å². The number of aryl methyl sites for hydroxylation is 1. The zero-order chi connectivity index (χ0) is 21.0. The summed E-state index contributed by atoms with van der Waals surface area (Å²) in [6.45, 7) is 9.04. The molecule has 1 atom stereocenters. The highest BCUT2D eigenvalue weighted by atomic mass is 16.5. The maximum atomic E-state index is 10.4. The lowest BCUT2D eigenvalue weighted by molar-refractivity contribution is 0.236.